The molecule has 0 spiro atoms. The lowest BCUT2D eigenvalue weighted by molar-refractivity contribution is 0.382. The Morgan fingerprint density at radius 3 is 2.16 bits per heavy atom. The van der Waals surface area contributed by atoms with Crippen molar-refractivity contribution in [3.8, 4) is 0 Å². The molecule has 0 aliphatic heterocycles. The van der Waals surface area contributed by atoms with Crippen molar-refractivity contribution >= 4 is 17.3 Å². The minimum atomic E-state index is 0.624. The largest absolute Gasteiger partial charge is 0.360 e. The van der Waals surface area contributed by atoms with E-state index in [4.69, 9.17) is 12.2 Å². The van der Waals surface area contributed by atoms with E-state index >= 15 is 0 Å². The molecule has 0 aromatic heterocycles. The smallest absolute Gasteiger partial charge is 0.166 e. The third kappa shape index (κ3) is 3.62. The van der Waals surface area contributed by atoms with E-state index in [2.05, 4.69) is 10.6 Å². The quantitative estimate of drug-likeness (QED) is 0.753. The van der Waals surface area contributed by atoms with Gasteiger partial charge in [-0.15, -0.1) is 0 Å². The average Bonchev–Trinajstić information content (AvgIpc) is 2.94. The first-order valence-corrected chi connectivity index (χ1v) is 8.79. The Bertz CT molecular complexity index is 310. The van der Waals surface area contributed by atoms with Gasteiger partial charge in [0.15, 0.2) is 5.11 Å². The number of thiocarbonyl (C=S) groups is 1. The first-order valence-electron chi connectivity index (χ1n) is 8.38. The van der Waals surface area contributed by atoms with Crippen LogP contribution < -0.4 is 10.6 Å². The predicted molar refractivity (Wildman–Crippen MR) is 84.2 cm³/mol. The topological polar surface area (TPSA) is 24.1 Å². The van der Waals surface area contributed by atoms with Gasteiger partial charge >= 0.3 is 0 Å². The van der Waals surface area contributed by atoms with Crippen LogP contribution in [0.2, 0.25) is 0 Å². The highest BCUT2D eigenvalue weighted by Gasteiger charge is 2.39. The third-order valence-corrected chi connectivity index (χ3v) is 5.73. The van der Waals surface area contributed by atoms with E-state index in [1.165, 1.54) is 70.6 Å². The molecule has 3 heteroatoms. The van der Waals surface area contributed by atoms with Crippen molar-refractivity contribution in [1.29, 1.82) is 0 Å². The summed E-state index contributed by atoms with van der Waals surface area (Å²) in [5.74, 6) is 1.90. The van der Waals surface area contributed by atoms with Crippen molar-refractivity contribution in [3.05, 3.63) is 0 Å². The maximum atomic E-state index is 5.54. The van der Waals surface area contributed by atoms with Gasteiger partial charge in [0.05, 0.1) is 0 Å². The van der Waals surface area contributed by atoms with Gasteiger partial charge in [-0.1, -0.05) is 38.5 Å². The molecule has 3 saturated carbocycles. The normalized spacial score (nSPS) is 35.7. The zero-order chi connectivity index (χ0) is 13.1. The van der Waals surface area contributed by atoms with Gasteiger partial charge in [-0.3, -0.25) is 0 Å². The summed E-state index contributed by atoms with van der Waals surface area (Å²) in [6.45, 7) is 0. The van der Waals surface area contributed by atoms with E-state index in [0.717, 1.165) is 16.9 Å². The molecule has 3 fully saturated rings. The molecule has 0 aromatic rings. The molecule has 0 heterocycles. The minimum absolute atomic E-state index is 0.624. The van der Waals surface area contributed by atoms with Gasteiger partial charge in [-0.05, 0) is 56.2 Å². The second-order valence-electron chi connectivity index (χ2n) is 6.94. The molecule has 2 bridgehead atoms. The van der Waals surface area contributed by atoms with Crippen molar-refractivity contribution in [3.63, 3.8) is 0 Å². The van der Waals surface area contributed by atoms with Gasteiger partial charge in [0, 0.05) is 12.1 Å². The molecule has 0 aromatic carbocycles. The Hall–Kier alpha value is -0.310. The van der Waals surface area contributed by atoms with Crippen LogP contribution >= 0.6 is 12.2 Å². The van der Waals surface area contributed by atoms with Crippen LogP contribution in [0.1, 0.15) is 70.6 Å². The second-order valence-corrected chi connectivity index (χ2v) is 7.35. The van der Waals surface area contributed by atoms with Gasteiger partial charge in [0.1, 0.15) is 0 Å². The van der Waals surface area contributed by atoms with Crippen molar-refractivity contribution in [2.75, 3.05) is 0 Å². The van der Waals surface area contributed by atoms with Crippen LogP contribution in [-0.2, 0) is 0 Å². The van der Waals surface area contributed by atoms with Gasteiger partial charge in [0.2, 0.25) is 0 Å². The minimum Gasteiger partial charge on any atom is -0.360 e. The van der Waals surface area contributed by atoms with E-state index < -0.39 is 0 Å². The molecular weight excluding hydrogens is 252 g/mol. The van der Waals surface area contributed by atoms with Crippen LogP contribution in [0.3, 0.4) is 0 Å². The van der Waals surface area contributed by atoms with Crippen LogP contribution in [0.25, 0.3) is 0 Å². The van der Waals surface area contributed by atoms with E-state index in [1.807, 2.05) is 0 Å². The molecular formula is C16H28N2S. The molecule has 0 amide bonds. The fourth-order valence-corrected chi connectivity index (χ4v) is 4.74. The maximum Gasteiger partial charge on any atom is 0.166 e. The van der Waals surface area contributed by atoms with E-state index in [1.54, 1.807) is 0 Å². The lowest BCUT2D eigenvalue weighted by Gasteiger charge is -2.28. The fraction of sp³-hybridized carbons (Fsp3) is 0.938. The monoisotopic (exact) mass is 280 g/mol. The highest BCUT2D eigenvalue weighted by atomic mass is 32.1. The number of nitrogens with one attached hydrogen (secondary N) is 2. The Morgan fingerprint density at radius 2 is 1.53 bits per heavy atom. The van der Waals surface area contributed by atoms with Gasteiger partial charge in [0.25, 0.3) is 0 Å². The molecule has 2 nitrogen and oxygen atoms in total. The van der Waals surface area contributed by atoms with E-state index in [0.29, 0.717) is 12.1 Å². The van der Waals surface area contributed by atoms with E-state index in [9.17, 15) is 0 Å². The summed E-state index contributed by atoms with van der Waals surface area (Å²) in [4.78, 5) is 0. The Kier molecular flexibility index (Phi) is 4.62. The number of hydrogen-bond acceptors (Lipinski definition) is 1. The van der Waals surface area contributed by atoms with Crippen molar-refractivity contribution < 1.29 is 0 Å². The zero-order valence-corrected chi connectivity index (χ0v) is 12.8. The number of hydrogen-bond donors (Lipinski definition) is 2. The third-order valence-electron chi connectivity index (χ3n) is 5.49. The summed E-state index contributed by atoms with van der Waals surface area (Å²) in [7, 11) is 0. The maximum absolute atomic E-state index is 5.54. The highest BCUT2D eigenvalue weighted by molar-refractivity contribution is 7.80. The summed E-state index contributed by atoms with van der Waals surface area (Å²) >= 11 is 5.54. The SMILES string of the molecule is S=C(NC1CCCCCCC1)N[C@H]1C[C@@H]2CC[C@H]1C2. The summed E-state index contributed by atoms with van der Waals surface area (Å²) < 4.78 is 0. The Labute approximate surface area is 123 Å². The summed E-state index contributed by atoms with van der Waals surface area (Å²) in [5.41, 5.74) is 0. The van der Waals surface area contributed by atoms with Crippen molar-refractivity contribution in [2.45, 2.75) is 82.7 Å². The molecule has 19 heavy (non-hydrogen) atoms. The Morgan fingerprint density at radius 1 is 0.789 bits per heavy atom. The number of rotatable bonds is 2. The van der Waals surface area contributed by atoms with Crippen LogP contribution in [-0.4, -0.2) is 17.2 Å². The molecule has 3 aliphatic carbocycles. The summed E-state index contributed by atoms with van der Waals surface area (Å²) in [5, 5.41) is 8.14. The zero-order valence-electron chi connectivity index (χ0n) is 12.0. The van der Waals surface area contributed by atoms with Crippen LogP contribution in [0, 0.1) is 11.8 Å². The molecule has 0 unspecified atom stereocenters. The highest BCUT2D eigenvalue weighted by Crippen LogP contribution is 2.44. The average molecular weight is 280 g/mol. The molecule has 0 saturated heterocycles. The van der Waals surface area contributed by atoms with Crippen LogP contribution in [0.5, 0.6) is 0 Å². The summed E-state index contributed by atoms with van der Waals surface area (Å²) in [6, 6.07) is 1.30. The number of fused-ring (bicyclic) bond motifs is 2. The second kappa shape index (κ2) is 6.43. The van der Waals surface area contributed by atoms with Crippen molar-refractivity contribution in [2.24, 2.45) is 11.8 Å². The van der Waals surface area contributed by atoms with Crippen molar-refractivity contribution in [1.82, 2.24) is 10.6 Å². The van der Waals surface area contributed by atoms with Gasteiger partial charge in [-0.25, -0.2) is 0 Å². The molecule has 3 aliphatic rings. The van der Waals surface area contributed by atoms with Gasteiger partial charge in [-0.2, -0.15) is 0 Å². The molecule has 0 radical (unpaired) electrons. The van der Waals surface area contributed by atoms with Crippen LogP contribution in [0.15, 0.2) is 0 Å². The predicted octanol–water partition coefficient (Wildman–Crippen LogP) is 3.75. The molecule has 3 atom stereocenters. The molecule has 3 rings (SSSR count). The molecule has 108 valence electrons. The fourth-order valence-electron chi connectivity index (χ4n) is 4.42. The summed E-state index contributed by atoms with van der Waals surface area (Å²) in [6.07, 6.45) is 15.3. The first kappa shape index (κ1) is 13.7. The van der Waals surface area contributed by atoms with Gasteiger partial charge < -0.3 is 10.6 Å². The molecule has 2 N–H and O–H groups in total. The first-order chi connectivity index (χ1) is 9.31. The van der Waals surface area contributed by atoms with Crippen LogP contribution in [0.4, 0.5) is 0 Å². The standard InChI is InChI=1S/C16H28N2S/c19-16(17-14-6-4-2-1-3-5-7-14)18-15-11-12-8-9-13(15)10-12/h12-15H,1-11H2,(H2,17,18,19)/t12-,13+,15+/m1/s1. The lowest BCUT2D eigenvalue weighted by Crippen LogP contribution is -2.47. The Balaban J connectivity index is 1.42. The lowest BCUT2D eigenvalue weighted by atomic mass is 9.95. The van der Waals surface area contributed by atoms with E-state index in [-0.39, 0.29) is 0 Å².